The number of hydrogen-bond acceptors (Lipinski definition) is 4. The first-order valence-electron chi connectivity index (χ1n) is 11.1. The largest absolute Gasteiger partial charge is 0.417 e. The molecular formula is C25H27F3N4O. The van der Waals surface area contributed by atoms with Crippen molar-refractivity contribution < 1.29 is 18.0 Å². The van der Waals surface area contributed by atoms with E-state index in [1.54, 1.807) is 19.2 Å². The van der Waals surface area contributed by atoms with Crippen LogP contribution in [-0.4, -0.2) is 44.0 Å². The topological polar surface area (TPSA) is 59.4 Å². The van der Waals surface area contributed by atoms with E-state index in [9.17, 15) is 18.0 Å². The Balaban J connectivity index is 1.52. The molecule has 0 radical (unpaired) electrons. The normalized spacial score (nSPS) is 20.6. The number of hydrogen-bond donors (Lipinski definition) is 1. The van der Waals surface area contributed by atoms with Gasteiger partial charge in [-0.2, -0.15) is 18.4 Å². The lowest BCUT2D eigenvalue weighted by atomic mass is 9.70. The summed E-state index contributed by atoms with van der Waals surface area (Å²) in [7, 11) is 1.65. The van der Waals surface area contributed by atoms with Crippen molar-refractivity contribution in [2.24, 2.45) is 11.3 Å². The molecule has 5 nitrogen and oxygen atoms in total. The van der Waals surface area contributed by atoms with Gasteiger partial charge in [-0.3, -0.25) is 9.69 Å². The van der Waals surface area contributed by atoms with Gasteiger partial charge in [0.25, 0.3) is 0 Å². The van der Waals surface area contributed by atoms with Gasteiger partial charge in [0.2, 0.25) is 5.91 Å². The molecule has 2 saturated heterocycles. The zero-order valence-electron chi connectivity index (χ0n) is 18.5. The SMILES string of the molecule is CNC(=O)C1CN(Cc2ccccc2)CC12CCN(c1ccc(C#N)c(C(F)(F)F)c1)CC2. The summed E-state index contributed by atoms with van der Waals surface area (Å²) in [4.78, 5) is 17.0. The first kappa shape index (κ1) is 23.1. The van der Waals surface area contributed by atoms with Gasteiger partial charge in [0.15, 0.2) is 0 Å². The monoisotopic (exact) mass is 456 g/mol. The van der Waals surface area contributed by atoms with Crippen LogP contribution >= 0.6 is 0 Å². The molecule has 0 saturated carbocycles. The molecule has 174 valence electrons. The molecule has 2 aromatic carbocycles. The predicted molar refractivity (Wildman–Crippen MR) is 119 cm³/mol. The van der Waals surface area contributed by atoms with Crippen molar-refractivity contribution in [1.29, 1.82) is 5.26 Å². The smallest absolute Gasteiger partial charge is 0.371 e. The summed E-state index contributed by atoms with van der Waals surface area (Å²) >= 11 is 0. The molecule has 1 atom stereocenters. The number of nitrogens with zero attached hydrogens (tertiary/aromatic N) is 3. The Hall–Kier alpha value is -3.05. The van der Waals surface area contributed by atoms with Crippen LogP contribution in [0.4, 0.5) is 18.9 Å². The highest BCUT2D eigenvalue weighted by atomic mass is 19.4. The molecule has 0 aromatic heterocycles. The maximum Gasteiger partial charge on any atom is 0.417 e. The number of piperidine rings is 1. The third-order valence-electron chi connectivity index (χ3n) is 7.08. The zero-order valence-corrected chi connectivity index (χ0v) is 18.5. The highest BCUT2D eigenvalue weighted by Crippen LogP contribution is 2.46. The highest BCUT2D eigenvalue weighted by Gasteiger charge is 2.50. The van der Waals surface area contributed by atoms with E-state index >= 15 is 0 Å². The number of anilines is 1. The van der Waals surface area contributed by atoms with Gasteiger partial charge in [-0.25, -0.2) is 0 Å². The zero-order chi connectivity index (χ0) is 23.6. The van der Waals surface area contributed by atoms with Gasteiger partial charge in [0.05, 0.1) is 23.1 Å². The van der Waals surface area contributed by atoms with Crippen LogP contribution in [0, 0.1) is 22.7 Å². The lowest BCUT2D eigenvalue weighted by molar-refractivity contribution is -0.137. The molecule has 1 spiro atoms. The van der Waals surface area contributed by atoms with E-state index in [2.05, 4.69) is 22.3 Å². The molecule has 1 unspecified atom stereocenters. The minimum absolute atomic E-state index is 0.0248. The molecular weight excluding hydrogens is 429 g/mol. The van der Waals surface area contributed by atoms with E-state index in [1.807, 2.05) is 23.1 Å². The second-order valence-corrected chi connectivity index (χ2v) is 9.01. The predicted octanol–water partition coefficient (Wildman–Crippen LogP) is 4.04. The summed E-state index contributed by atoms with van der Waals surface area (Å²) in [6.07, 6.45) is -3.14. The summed E-state index contributed by atoms with van der Waals surface area (Å²) in [5.74, 6) is -0.128. The average Bonchev–Trinajstić information content (AvgIpc) is 3.15. The number of carbonyl (C=O) groups is 1. The van der Waals surface area contributed by atoms with E-state index in [-0.39, 0.29) is 22.8 Å². The molecule has 2 fully saturated rings. The molecule has 0 bridgehead atoms. The molecule has 1 amide bonds. The van der Waals surface area contributed by atoms with Gasteiger partial charge < -0.3 is 10.2 Å². The number of nitriles is 1. The fourth-order valence-corrected chi connectivity index (χ4v) is 5.35. The molecule has 1 N–H and O–H groups in total. The molecule has 33 heavy (non-hydrogen) atoms. The minimum Gasteiger partial charge on any atom is -0.371 e. The minimum atomic E-state index is -4.58. The van der Waals surface area contributed by atoms with Gasteiger partial charge in [0, 0.05) is 45.5 Å². The van der Waals surface area contributed by atoms with E-state index in [0.29, 0.717) is 25.3 Å². The first-order valence-corrected chi connectivity index (χ1v) is 11.1. The van der Waals surface area contributed by atoms with Crippen LogP contribution in [0.25, 0.3) is 0 Å². The van der Waals surface area contributed by atoms with Crippen LogP contribution in [0.5, 0.6) is 0 Å². The highest BCUT2D eigenvalue weighted by molar-refractivity contribution is 5.80. The number of benzene rings is 2. The fourth-order valence-electron chi connectivity index (χ4n) is 5.35. The van der Waals surface area contributed by atoms with Crippen LogP contribution in [0.2, 0.25) is 0 Å². The second-order valence-electron chi connectivity index (χ2n) is 9.01. The second kappa shape index (κ2) is 9.06. The van der Waals surface area contributed by atoms with Crippen molar-refractivity contribution in [2.45, 2.75) is 25.6 Å². The quantitative estimate of drug-likeness (QED) is 0.755. The van der Waals surface area contributed by atoms with Crippen molar-refractivity contribution in [3.8, 4) is 6.07 Å². The number of nitrogens with one attached hydrogen (secondary N) is 1. The molecule has 4 rings (SSSR count). The molecule has 0 aliphatic carbocycles. The Kier molecular flexibility index (Phi) is 6.35. The number of likely N-dealkylation sites (tertiary alicyclic amines) is 1. The van der Waals surface area contributed by atoms with E-state index in [4.69, 9.17) is 5.26 Å². The Morgan fingerprint density at radius 3 is 2.48 bits per heavy atom. The van der Waals surface area contributed by atoms with Crippen molar-refractivity contribution in [3.63, 3.8) is 0 Å². The van der Waals surface area contributed by atoms with Crippen LogP contribution < -0.4 is 10.2 Å². The Labute approximate surface area is 191 Å². The molecule has 2 aromatic rings. The standard InChI is InChI=1S/C25H27F3N4O/c1-30-23(33)22-16-31(15-18-5-3-2-4-6-18)17-24(22)9-11-32(12-10-24)20-8-7-19(14-29)21(13-20)25(26,27)28/h2-8,13,22H,9-12,15-17H2,1H3,(H,30,33). The van der Waals surface area contributed by atoms with Gasteiger partial charge in [-0.15, -0.1) is 0 Å². The third-order valence-corrected chi connectivity index (χ3v) is 7.08. The lowest BCUT2D eigenvalue weighted by Gasteiger charge is -2.43. The third kappa shape index (κ3) is 4.69. The first-order chi connectivity index (χ1) is 15.8. The molecule has 2 heterocycles. The summed E-state index contributed by atoms with van der Waals surface area (Å²) in [5, 5.41) is 11.9. The lowest BCUT2D eigenvalue weighted by Crippen LogP contribution is -2.48. The summed E-state index contributed by atoms with van der Waals surface area (Å²) in [5.41, 5.74) is 0.185. The van der Waals surface area contributed by atoms with Crippen molar-refractivity contribution >= 4 is 11.6 Å². The van der Waals surface area contributed by atoms with Crippen molar-refractivity contribution in [3.05, 3.63) is 65.2 Å². The van der Waals surface area contributed by atoms with Crippen LogP contribution in [0.15, 0.2) is 48.5 Å². The Morgan fingerprint density at radius 1 is 1.18 bits per heavy atom. The van der Waals surface area contributed by atoms with Crippen LogP contribution in [0.3, 0.4) is 0 Å². The Morgan fingerprint density at radius 2 is 1.88 bits per heavy atom. The van der Waals surface area contributed by atoms with E-state index in [1.165, 1.54) is 11.6 Å². The van der Waals surface area contributed by atoms with Gasteiger partial charge in [-0.05, 0) is 42.0 Å². The maximum atomic E-state index is 13.4. The van der Waals surface area contributed by atoms with Gasteiger partial charge in [-0.1, -0.05) is 30.3 Å². The number of carbonyl (C=O) groups excluding carboxylic acids is 1. The van der Waals surface area contributed by atoms with Crippen LogP contribution in [0.1, 0.15) is 29.5 Å². The summed E-state index contributed by atoms with van der Waals surface area (Å²) in [6, 6.07) is 15.7. The molecule has 2 aliphatic heterocycles. The van der Waals surface area contributed by atoms with E-state index < -0.39 is 11.7 Å². The van der Waals surface area contributed by atoms with Crippen LogP contribution in [-0.2, 0) is 17.5 Å². The fraction of sp³-hybridized carbons (Fsp3) is 0.440. The number of halogens is 3. The number of amides is 1. The van der Waals surface area contributed by atoms with E-state index in [0.717, 1.165) is 32.0 Å². The van der Waals surface area contributed by atoms with Gasteiger partial charge in [0.1, 0.15) is 0 Å². The van der Waals surface area contributed by atoms with Gasteiger partial charge >= 0.3 is 6.18 Å². The summed E-state index contributed by atoms with van der Waals surface area (Å²) < 4.78 is 40.2. The Bertz CT molecular complexity index is 1040. The molecule has 2 aliphatic rings. The van der Waals surface area contributed by atoms with Crippen molar-refractivity contribution in [1.82, 2.24) is 10.2 Å². The van der Waals surface area contributed by atoms with Crippen molar-refractivity contribution in [2.75, 3.05) is 38.1 Å². The number of rotatable bonds is 4. The average molecular weight is 457 g/mol. The maximum absolute atomic E-state index is 13.4. The number of alkyl halides is 3. The molecule has 8 heteroatoms. The summed E-state index contributed by atoms with van der Waals surface area (Å²) in [6.45, 7) is 3.36.